The second-order valence-corrected chi connectivity index (χ2v) is 5.79. The van der Waals surface area contributed by atoms with Crippen molar-refractivity contribution in [2.24, 2.45) is 11.7 Å². The van der Waals surface area contributed by atoms with Gasteiger partial charge in [0.2, 0.25) is 0 Å². The fourth-order valence-corrected chi connectivity index (χ4v) is 3.35. The molecule has 2 atom stereocenters. The number of nitriles is 1. The van der Waals surface area contributed by atoms with Crippen molar-refractivity contribution in [3.8, 4) is 6.07 Å². The highest BCUT2D eigenvalue weighted by Crippen LogP contribution is 2.35. The Hall–Kier alpha value is -0.590. The third-order valence-electron chi connectivity index (χ3n) is 4.57. The van der Waals surface area contributed by atoms with E-state index in [9.17, 15) is 5.26 Å². The van der Waals surface area contributed by atoms with Crippen molar-refractivity contribution in [1.82, 2.24) is 4.90 Å². The highest BCUT2D eigenvalue weighted by Gasteiger charge is 2.39. The molecule has 96 valence electrons. The van der Waals surface area contributed by atoms with Gasteiger partial charge in [-0.2, -0.15) is 5.26 Å². The van der Waals surface area contributed by atoms with Gasteiger partial charge in [0, 0.05) is 0 Å². The third kappa shape index (κ3) is 3.20. The highest BCUT2D eigenvalue weighted by molar-refractivity contribution is 5.11. The second-order valence-electron chi connectivity index (χ2n) is 5.79. The lowest BCUT2D eigenvalue weighted by Crippen LogP contribution is -2.43. The lowest BCUT2D eigenvalue weighted by Gasteiger charge is -2.27. The minimum Gasteiger partial charge on any atom is -0.313 e. The zero-order chi connectivity index (χ0) is 12.1. The number of hydrogen-bond donors (Lipinski definition) is 1. The summed E-state index contributed by atoms with van der Waals surface area (Å²) in [6.07, 6.45) is 9.76. The molecule has 1 saturated carbocycles. The molecule has 3 nitrogen and oxygen atoms in total. The van der Waals surface area contributed by atoms with E-state index in [-0.39, 0.29) is 0 Å². The molecule has 2 fully saturated rings. The van der Waals surface area contributed by atoms with Crippen LogP contribution in [0.25, 0.3) is 0 Å². The zero-order valence-corrected chi connectivity index (χ0v) is 10.8. The molecule has 1 aliphatic heterocycles. The Labute approximate surface area is 105 Å². The predicted molar refractivity (Wildman–Crippen MR) is 69.4 cm³/mol. The molecule has 2 rings (SSSR count). The van der Waals surface area contributed by atoms with Crippen molar-refractivity contribution in [1.29, 1.82) is 5.26 Å². The Morgan fingerprint density at radius 3 is 2.53 bits per heavy atom. The van der Waals surface area contributed by atoms with Crippen molar-refractivity contribution in [3.05, 3.63) is 0 Å². The van der Waals surface area contributed by atoms with E-state index in [0.29, 0.717) is 5.92 Å². The molecule has 1 aliphatic carbocycles. The molecule has 17 heavy (non-hydrogen) atoms. The Balaban J connectivity index is 1.79. The van der Waals surface area contributed by atoms with Gasteiger partial charge in [0.15, 0.2) is 0 Å². The van der Waals surface area contributed by atoms with Crippen LogP contribution in [0.15, 0.2) is 0 Å². The Kier molecular flexibility index (Phi) is 4.42. The van der Waals surface area contributed by atoms with Crippen molar-refractivity contribution in [2.75, 3.05) is 19.6 Å². The number of nitrogens with zero attached hydrogens (tertiary/aromatic N) is 2. The largest absolute Gasteiger partial charge is 0.313 e. The van der Waals surface area contributed by atoms with E-state index >= 15 is 0 Å². The van der Waals surface area contributed by atoms with Gasteiger partial charge in [0.25, 0.3) is 0 Å². The molecule has 1 saturated heterocycles. The minimum absolute atomic E-state index is 0.427. The van der Waals surface area contributed by atoms with E-state index in [0.717, 1.165) is 32.2 Å². The van der Waals surface area contributed by atoms with Gasteiger partial charge in [0.05, 0.1) is 6.07 Å². The first-order chi connectivity index (χ1) is 8.24. The van der Waals surface area contributed by atoms with E-state index in [4.69, 9.17) is 5.73 Å². The van der Waals surface area contributed by atoms with Crippen molar-refractivity contribution >= 4 is 0 Å². The van der Waals surface area contributed by atoms with Crippen LogP contribution in [-0.2, 0) is 0 Å². The Bertz CT molecular complexity index is 276. The molecule has 1 heterocycles. The molecule has 0 radical (unpaired) electrons. The zero-order valence-electron chi connectivity index (χ0n) is 10.8. The average Bonchev–Trinajstić information content (AvgIpc) is 2.55. The van der Waals surface area contributed by atoms with Crippen LogP contribution < -0.4 is 5.73 Å². The van der Waals surface area contributed by atoms with Crippen LogP contribution in [0, 0.1) is 17.2 Å². The van der Waals surface area contributed by atoms with Gasteiger partial charge < -0.3 is 10.6 Å². The predicted octanol–water partition coefficient (Wildman–Crippen LogP) is 2.27. The van der Waals surface area contributed by atoms with Gasteiger partial charge in [-0.15, -0.1) is 0 Å². The first-order valence-electron chi connectivity index (χ1n) is 7.17. The van der Waals surface area contributed by atoms with E-state index in [1.807, 2.05) is 0 Å². The number of rotatable bonds is 3. The average molecular weight is 235 g/mol. The molecule has 3 heteroatoms. The molecule has 2 unspecified atom stereocenters. The molecular formula is C14H25N3. The summed E-state index contributed by atoms with van der Waals surface area (Å²) in [6, 6.07) is 2.35. The van der Waals surface area contributed by atoms with Crippen molar-refractivity contribution in [2.45, 2.75) is 56.9 Å². The molecule has 2 aliphatic rings. The molecule has 0 spiro atoms. The first-order valence-corrected chi connectivity index (χ1v) is 7.17. The second kappa shape index (κ2) is 5.84. The summed E-state index contributed by atoms with van der Waals surface area (Å²) >= 11 is 0. The smallest absolute Gasteiger partial charge is 0.107 e. The van der Waals surface area contributed by atoms with E-state index in [1.165, 1.54) is 38.8 Å². The summed E-state index contributed by atoms with van der Waals surface area (Å²) in [5.74, 6) is 0.427. The van der Waals surface area contributed by atoms with Crippen molar-refractivity contribution in [3.63, 3.8) is 0 Å². The Morgan fingerprint density at radius 1 is 1.18 bits per heavy atom. The number of likely N-dealkylation sites (tertiary alicyclic amines) is 1. The lowest BCUT2D eigenvalue weighted by atomic mass is 9.87. The summed E-state index contributed by atoms with van der Waals surface area (Å²) in [5.41, 5.74) is 5.65. The topological polar surface area (TPSA) is 53.1 Å². The molecule has 0 bridgehead atoms. The lowest BCUT2D eigenvalue weighted by molar-refractivity contribution is 0.244. The van der Waals surface area contributed by atoms with Gasteiger partial charge in [0.1, 0.15) is 5.54 Å². The van der Waals surface area contributed by atoms with Crippen LogP contribution >= 0.6 is 0 Å². The first kappa shape index (κ1) is 12.9. The van der Waals surface area contributed by atoms with Crippen LogP contribution in [-0.4, -0.2) is 30.1 Å². The summed E-state index contributed by atoms with van der Waals surface area (Å²) in [7, 11) is 0. The quantitative estimate of drug-likeness (QED) is 0.816. The van der Waals surface area contributed by atoms with Gasteiger partial charge in [-0.05, 0) is 57.7 Å². The van der Waals surface area contributed by atoms with Gasteiger partial charge in [-0.1, -0.05) is 19.3 Å². The van der Waals surface area contributed by atoms with E-state index < -0.39 is 5.54 Å². The molecule has 0 amide bonds. The summed E-state index contributed by atoms with van der Waals surface area (Å²) in [5, 5.41) is 9.19. The molecule has 0 aromatic heterocycles. The summed E-state index contributed by atoms with van der Waals surface area (Å²) < 4.78 is 0. The fraction of sp³-hybridized carbons (Fsp3) is 0.929. The van der Waals surface area contributed by atoms with Crippen LogP contribution in [0.5, 0.6) is 0 Å². The normalized spacial score (nSPS) is 35.4. The van der Waals surface area contributed by atoms with E-state index in [1.54, 1.807) is 0 Å². The van der Waals surface area contributed by atoms with Crippen molar-refractivity contribution < 1.29 is 0 Å². The number of hydrogen-bond acceptors (Lipinski definition) is 3. The summed E-state index contributed by atoms with van der Waals surface area (Å²) in [4.78, 5) is 2.57. The Morgan fingerprint density at radius 2 is 1.88 bits per heavy atom. The third-order valence-corrected chi connectivity index (χ3v) is 4.57. The molecule has 2 N–H and O–H groups in total. The monoisotopic (exact) mass is 235 g/mol. The molecule has 0 aromatic carbocycles. The van der Waals surface area contributed by atoms with Gasteiger partial charge >= 0.3 is 0 Å². The minimum atomic E-state index is -0.522. The molecule has 0 aromatic rings. The van der Waals surface area contributed by atoms with E-state index in [2.05, 4.69) is 11.0 Å². The summed E-state index contributed by atoms with van der Waals surface area (Å²) in [6.45, 7) is 3.64. The maximum absolute atomic E-state index is 9.19. The highest BCUT2D eigenvalue weighted by atomic mass is 15.1. The molecular weight excluding hydrogens is 210 g/mol. The maximum Gasteiger partial charge on any atom is 0.107 e. The SMILES string of the molecule is N#CC1(N)CCCC1CCN1CCCCCC1. The standard InChI is InChI=1S/C14H25N3/c15-12-14(16)8-5-6-13(14)7-11-17-9-3-1-2-4-10-17/h13H,1-11,16H2. The van der Waals surface area contributed by atoms with Crippen LogP contribution in [0.1, 0.15) is 51.4 Å². The number of nitrogens with two attached hydrogens (primary N) is 1. The fourth-order valence-electron chi connectivity index (χ4n) is 3.35. The maximum atomic E-state index is 9.19. The van der Waals surface area contributed by atoms with Crippen LogP contribution in [0.3, 0.4) is 0 Å². The van der Waals surface area contributed by atoms with Gasteiger partial charge in [-0.25, -0.2) is 0 Å². The van der Waals surface area contributed by atoms with Gasteiger partial charge in [-0.3, -0.25) is 0 Å². The van der Waals surface area contributed by atoms with Crippen LogP contribution in [0.4, 0.5) is 0 Å². The van der Waals surface area contributed by atoms with Crippen LogP contribution in [0.2, 0.25) is 0 Å².